The molecule has 0 unspecified atom stereocenters. The summed E-state index contributed by atoms with van der Waals surface area (Å²) in [5.74, 6) is -0.649. The van der Waals surface area contributed by atoms with Crippen molar-refractivity contribution in [3.8, 4) is 10.6 Å². The number of benzene rings is 1. The number of aromatic nitrogens is 1. The van der Waals surface area contributed by atoms with E-state index in [0.717, 1.165) is 31.5 Å². The van der Waals surface area contributed by atoms with Gasteiger partial charge in [-0.3, -0.25) is 4.79 Å². The van der Waals surface area contributed by atoms with Gasteiger partial charge in [0.2, 0.25) is 0 Å². The van der Waals surface area contributed by atoms with Crippen LogP contribution in [-0.4, -0.2) is 41.5 Å². The van der Waals surface area contributed by atoms with Gasteiger partial charge in [0.25, 0.3) is 5.91 Å². The Kier molecular flexibility index (Phi) is 5.16. The molecule has 0 saturated carbocycles. The van der Waals surface area contributed by atoms with Gasteiger partial charge < -0.3 is 9.64 Å². The standard InChI is InChI=1S/C17H17ClN2O3S/c1-11-15(17(22)23-10-14(21)20-7-2-3-8-20)24-16(19-11)12-5-4-6-13(18)9-12/h4-6,9H,2-3,7-8,10H2,1H3. The molecule has 1 aliphatic heterocycles. The third-order valence-electron chi connectivity index (χ3n) is 3.84. The monoisotopic (exact) mass is 364 g/mol. The maximum absolute atomic E-state index is 12.2. The van der Waals surface area contributed by atoms with Gasteiger partial charge in [-0.25, -0.2) is 9.78 Å². The minimum atomic E-state index is -0.508. The normalized spacial score (nSPS) is 14.0. The number of thiazole rings is 1. The molecule has 0 N–H and O–H groups in total. The van der Waals surface area contributed by atoms with E-state index < -0.39 is 5.97 Å². The predicted octanol–water partition coefficient (Wildman–Crippen LogP) is 3.55. The predicted molar refractivity (Wildman–Crippen MR) is 93.4 cm³/mol. The summed E-state index contributed by atoms with van der Waals surface area (Å²) in [4.78, 5) is 30.8. The Morgan fingerprint density at radius 1 is 1.33 bits per heavy atom. The average molecular weight is 365 g/mol. The van der Waals surface area contributed by atoms with Crippen LogP contribution in [0.3, 0.4) is 0 Å². The third kappa shape index (κ3) is 3.76. The lowest BCUT2D eigenvalue weighted by Crippen LogP contribution is -2.32. The quantitative estimate of drug-likeness (QED) is 0.778. The Hall–Kier alpha value is -1.92. The Balaban J connectivity index is 1.68. The molecular weight excluding hydrogens is 348 g/mol. The maximum Gasteiger partial charge on any atom is 0.350 e. The van der Waals surface area contributed by atoms with Crippen molar-refractivity contribution in [3.63, 3.8) is 0 Å². The number of amides is 1. The van der Waals surface area contributed by atoms with Gasteiger partial charge in [-0.15, -0.1) is 11.3 Å². The summed E-state index contributed by atoms with van der Waals surface area (Å²) in [6.45, 7) is 3.02. The summed E-state index contributed by atoms with van der Waals surface area (Å²) in [6.07, 6.45) is 2.02. The molecule has 0 spiro atoms. The summed E-state index contributed by atoms with van der Waals surface area (Å²) < 4.78 is 5.17. The number of nitrogens with zero attached hydrogens (tertiary/aromatic N) is 2. The largest absolute Gasteiger partial charge is 0.451 e. The van der Waals surface area contributed by atoms with Crippen molar-refractivity contribution in [2.45, 2.75) is 19.8 Å². The fraction of sp³-hybridized carbons (Fsp3) is 0.353. The van der Waals surface area contributed by atoms with Crippen LogP contribution in [0.25, 0.3) is 10.6 Å². The highest BCUT2D eigenvalue weighted by Gasteiger charge is 2.22. The Morgan fingerprint density at radius 2 is 2.08 bits per heavy atom. The van der Waals surface area contributed by atoms with Gasteiger partial charge in [0, 0.05) is 23.7 Å². The molecule has 2 aromatic rings. The van der Waals surface area contributed by atoms with E-state index in [0.29, 0.717) is 20.6 Å². The van der Waals surface area contributed by atoms with Crippen LogP contribution in [0.5, 0.6) is 0 Å². The number of ether oxygens (including phenoxy) is 1. The van der Waals surface area contributed by atoms with Crippen molar-refractivity contribution in [2.75, 3.05) is 19.7 Å². The highest BCUT2D eigenvalue weighted by atomic mass is 35.5. The lowest BCUT2D eigenvalue weighted by Gasteiger charge is -2.14. The van der Waals surface area contributed by atoms with Crippen LogP contribution >= 0.6 is 22.9 Å². The number of hydrogen-bond donors (Lipinski definition) is 0. The Labute approximate surface area is 149 Å². The van der Waals surface area contributed by atoms with Gasteiger partial charge in [0.1, 0.15) is 9.88 Å². The number of hydrogen-bond acceptors (Lipinski definition) is 5. The van der Waals surface area contributed by atoms with E-state index in [1.54, 1.807) is 24.0 Å². The summed E-state index contributed by atoms with van der Waals surface area (Å²) in [5, 5.41) is 1.31. The molecule has 1 aromatic carbocycles. The van der Waals surface area contributed by atoms with E-state index in [1.165, 1.54) is 11.3 Å². The first-order chi connectivity index (χ1) is 11.5. The van der Waals surface area contributed by atoms with Crippen LogP contribution in [0, 0.1) is 6.92 Å². The highest BCUT2D eigenvalue weighted by Crippen LogP contribution is 2.29. The van der Waals surface area contributed by atoms with Crippen LogP contribution in [0.1, 0.15) is 28.2 Å². The van der Waals surface area contributed by atoms with Gasteiger partial charge in [0.15, 0.2) is 6.61 Å². The second-order valence-corrected chi connectivity index (χ2v) is 7.04. The minimum Gasteiger partial charge on any atom is -0.451 e. The van der Waals surface area contributed by atoms with Crippen molar-refractivity contribution < 1.29 is 14.3 Å². The molecule has 1 aromatic heterocycles. The van der Waals surface area contributed by atoms with Crippen LogP contribution in [-0.2, 0) is 9.53 Å². The Bertz CT molecular complexity index is 769. The van der Waals surface area contributed by atoms with Gasteiger partial charge in [-0.2, -0.15) is 0 Å². The molecule has 0 bridgehead atoms. The van der Waals surface area contributed by atoms with Crippen LogP contribution < -0.4 is 0 Å². The van der Waals surface area contributed by atoms with Gasteiger partial charge in [-0.05, 0) is 31.9 Å². The fourth-order valence-electron chi connectivity index (χ4n) is 2.58. The van der Waals surface area contributed by atoms with E-state index >= 15 is 0 Å². The topological polar surface area (TPSA) is 59.5 Å². The summed E-state index contributed by atoms with van der Waals surface area (Å²) in [6, 6.07) is 7.30. The molecule has 5 nitrogen and oxygen atoms in total. The molecule has 1 saturated heterocycles. The molecule has 0 aliphatic carbocycles. The SMILES string of the molecule is Cc1nc(-c2cccc(Cl)c2)sc1C(=O)OCC(=O)N1CCCC1. The molecule has 24 heavy (non-hydrogen) atoms. The van der Waals surface area contributed by atoms with E-state index in [1.807, 2.05) is 12.1 Å². The first-order valence-corrected chi connectivity index (χ1v) is 8.92. The maximum atomic E-state index is 12.2. The molecule has 1 aliphatic rings. The molecule has 126 valence electrons. The van der Waals surface area contributed by atoms with Gasteiger partial charge in [-0.1, -0.05) is 23.7 Å². The third-order valence-corrected chi connectivity index (χ3v) is 5.26. The van der Waals surface area contributed by atoms with Crippen molar-refractivity contribution in [2.24, 2.45) is 0 Å². The van der Waals surface area contributed by atoms with Crippen LogP contribution in [0.4, 0.5) is 0 Å². The smallest absolute Gasteiger partial charge is 0.350 e. The molecule has 2 heterocycles. The minimum absolute atomic E-state index is 0.141. The summed E-state index contributed by atoms with van der Waals surface area (Å²) in [5.41, 5.74) is 1.44. The van der Waals surface area contributed by atoms with Gasteiger partial charge in [0.05, 0.1) is 5.69 Å². The van der Waals surface area contributed by atoms with Crippen LogP contribution in [0.2, 0.25) is 5.02 Å². The van der Waals surface area contributed by atoms with E-state index in [4.69, 9.17) is 16.3 Å². The molecule has 7 heteroatoms. The molecular formula is C17H17ClN2O3S. The van der Waals surface area contributed by atoms with Crippen molar-refractivity contribution in [1.82, 2.24) is 9.88 Å². The van der Waals surface area contributed by atoms with Gasteiger partial charge >= 0.3 is 5.97 Å². The summed E-state index contributed by atoms with van der Waals surface area (Å²) >= 11 is 7.24. The number of carbonyl (C=O) groups is 2. The molecule has 3 rings (SSSR count). The Morgan fingerprint density at radius 3 is 2.79 bits per heavy atom. The molecule has 1 fully saturated rings. The first-order valence-electron chi connectivity index (χ1n) is 7.73. The fourth-order valence-corrected chi connectivity index (χ4v) is 3.73. The zero-order valence-electron chi connectivity index (χ0n) is 13.3. The number of rotatable bonds is 4. The van der Waals surface area contributed by atoms with E-state index in [-0.39, 0.29) is 12.5 Å². The second kappa shape index (κ2) is 7.32. The van der Waals surface area contributed by atoms with E-state index in [9.17, 15) is 9.59 Å². The molecule has 0 atom stereocenters. The van der Waals surface area contributed by atoms with Crippen molar-refractivity contribution in [3.05, 3.63) is 39.9 Å². The average Bonchev–Trinajstić information content (AvgIpc) is 3.22. The second-order valence-electron chi connectivity index (χ2n) is 5.61. The number of carbonyl (C=O) groups excluding carboxylic acids is 2. The van der Waals surface area contributed by atoms with Crippen molar-refractivity contribution >= 4 is 34.8 Å². The molecule has 0 radical (unpaired) electrons. The van der Waals surface area contributed by atoms with E-state index in [2.05, 4.69) is 4.98 Å². The number of esters is 1. The lowest BCUT2D eigenvalue weighted by molar-refractivity contribution is -0.133. The molecule has 1 amide bonds. The number of aryl methyl sites for hydroxylation is 1. The zero-order chi connectivity index (χ0) is 17.1. The lowest BCUT2D eigenvalue weighted by atomic mass is 10.2. The van der Waals surface area contributed by atoms with Crippen LogP contribution in [0.15, 0.2) is 24.3 Å². The first kappa shape index (κ1) is 16.9. The summed E-state index contributed by atoms with van der Waals surface area (Å²) in [7, 11) is 0. The number of halogens is 1. The zero-order valence-corrected chi connectivity index (χ0v) is 14.8. The van der Waals surface area contributed by atoms with Crippen molar-refractivity contribution in [1.29, 1.82) is 0 Å². The number of likely N-dealkylation sites (tertiary alicyclic amines) is 1. The highest BCUT2D eigenvalue weighted by molar-refractivity contribution is 7.17.